The summed E-state index contributed by atoms with van der Waals surface area (Å²) in [6.07, 6.45) is 9.82. The van der Waals surface area contributed by atoms with E-state index in [0.717, 1.165) is 31.2 Å². The molecule has 1 N–H and O–H groups in total. The minimum atomic E-state index is -0.497. The number of nitriles is 1. The third kappa shape index (κ3) is 4.71. The smallest absolute Gasteiger partial charge is 0.306 e. The Morgan fingerprint density at radius 2 is 2.15 bits per heavy atom. The molecule has 0 aromatic carbocycles. The zero-order valence-corrected chi connectivity index (χ0v) is 15.8. The highest BCUT2D eigenvalue weighted by molar-refractivity contribution is 7.16. The van der Waals surface area contributed by atoms with E-state index in [0.29, 0.717) is 23.5 Å². The number of nitro groups is 1. The number of carbonyl (C=O) groups is 1. The second-order valence-corrected chi connectivity index (χ2v) is 7.71. The van der Waals surface area contributed by atoms with E-state index in [9.17, 15) is 20.2 Å². The fourth-order valence-corrected chi connectivity index (χ4v) is 4.54. The van der Waals surface area contributed by atoms with E-state index in [1.54, 1.807) is 0 Å². The van der Waals surface area contributed by atoms with Crippen molar-refractivity contribution in [2.45, 2.75) is 57.9 Å². The van der Waals surface area contributed by atoms with Crippen LogP contribution in [0.4, 0.5) is 10.7 Å². The van der Waals surface area contributed by atoms with Crippen LogP contribution in [0, 0.1) is 21.4 Å². The number of thiophene rings is 1. The summed E-state index contributed by atoms with van der Waals surface area (Å²) in [6.45, 7) is 0.424. The van der Waals surface area contributed by atoms with E-state index in [1.807, 2.05) is 0 Å². The van der Waals surface area contributed by atoms with Gasteiger partial charge in [-0.3, -0.25) is 19.6 Å². The molecule has 0 saturated carbocycles. The first-order valence-corrected chi connectivity index (χ1v) is 9.91. The third-order valence-corrected chi connectivity index (χ3v) is 5.86. The summed E-state index contributed by atoms with van der Waals surface area (Å²) in [5.41, 5.74) is 1.67. The molecule has 27 heavy (non-hydrogen) atoms. The maximum atomic E-state index is 12.3. The topological polar surface area (TPSA) is 114 Å². The molecule has 1 aliphatic rings. The van der Waals surface area contributed by atoms with Crippen molar-refractivity contribution in [3.63, 3.8) is 0 Å². The highest BCUT2D eigenvalue weighted by atomic mass is 32.1. The van der Waals surface area contributed by atoms with E-state index < -0.39 is 4.92 Å². The van der Waals surface area contributed by atoms with Gasteiger partial charge in [-0.2, -0.15) is 10.4 Å². The van der Waals surface area contributed by atoms with Crippen molar-refractivity contribution in [3.8, 4) is 6.07 Å². The highest BCUT2D eigenvalue weighted by Gasteiger charge is 2.20. The molecule has 2 aromatic rings. The van der Waals surface area contributed by atoms with Gasteiger partial charge in [0.2, 0.25) is 5.91 Å². The summed E-state index contributed by atoms with van der Waals surface area (Å²) < 4.78 is 1.46. The van der Waals surface area contributed by atoms with Crippen molar-refractivity contribution in [3.05, 3.63) is 38.5 Å². The molecule has 0 bridgehead atoms. The SMILES string of the molecule is N#Cc1c(NC(=O)CCCn2cc([N+](=O)[O-])cn2)sc2c1CCCCCC2. The summed E-state index contributed by atoms with van der Waals surface area (Å²) >= 11 is 1.53. The van der Waals surface area contributed by atoms with Crippen LogP contribution in [0.1, 0.15) is 54.5 Å². The number of amides is 1. The Bertz CT molecular complexity index is 880. The number of aromatic nitrogens is 2. The fourth-order valence-electron chi connectivity index (χ4n) is 3.29. The van der Waals surface area contributed by atoms with Crippen LogP contribution in [0.25, 0.3) is 0 Å². The Morgan fingerprint density at radius 3 is 2.85 bits per heavy atom. The van der Waals surface area contributed by atoms with Crippen LogP contribution < -0.4 is 5.32 Å². The minimum absolute atomic E-state index is 0.0610. The number of carbonyl (C=O) groups excluding carboxylic acids is 1. The molecule has 2 heterocycles. The molecule has 9 heteroatoms. The van der Waals surface area contributed by atoms with Gasteiger partial charge in [-0.1, -0.05) is 12.8 Å². The van der Waals surface area contributed by atoms with E-state index in [4.69, 9.17) is 0 Å². The number of anilines is 1. The molecule has 0 radical (unpaired) electrons. The molecular weight excluding hydrogens is 366 g/mol. The number of aryl methyl sites for hydroxylation is 2. The number of rotatable bonds is 6. The van der Waals surface area contributed by atoms with Gasteiger partial charge >= 0.3 is 5.69 Å². The first-order chi connectivity index (χ1) is 13.1. The first-order valence-electron chi connectivity index (χ1n) is 9.10. The quantitative estimate of drug-likeness (QED) is 0.598. The lowest BCUT2D eigenvalue weighted by Gasteiger charge is -2.08. The Labute approximate surface area is 161 Å². The van der Waals surface area contributed by atoms with Gasteiger partial charge in [0.05, 0.1) is 10.5 Å². The van der Waals surface area contributed by atoms with Crippen LogP contribution in [0.5, 0.6) is 0 Å². The van der Waals surface area contributed by atoms with E-state index in [-0.39, 0.29) is 18.0 Å². The van der Waals surface area contributed by atoms with Gasteiger partial charge in [-0.25, -0.2) is 0 Å². The second kappa shape index (κ2) is 8.77. The molecule has 0 spiro atoms. The molecule has 3 rings (SSSR count). The lowest BCUT2D eigenvalue weighted by molar-refractivity contribution is -0.385. The first kappa shape index (κ1) is 19.0. The molecule has 8 nitrogen and oxygen atoms in total. The van der Waals surface area contributed by atoms with Crippen LogP contribution >= 0.6 is 11.3 Å². The van der Waals surface area contributed by atoms with Crippen molar-refractivity contribution in [2.24, 2.45) is 0 Å². The molecule has 0 unspecified atom stereocenters. The Kier molecular flexibility index (Phi) is 6.19. The van der Waals surface area contributed by atoms with Crippen molar-refractivity contribution < 1.29 is 9.72 Å². The van der Waals surface area contributed by atoms with Crippen LogP contribution in [0.15, 0.2) is 12.4 Å². The summed E-state index contributed by atoms with van der Waals surface area (Å²) in [6, 6.07) is 2.27. The van der Waals surface area contributed by atoms with E-state index in [2.05, 4.69) is 16.5 Å². The van der Waals surface area contributed by atoms with E-state index >= 15 is 0 Å². The van der Waals surface area contributed by atoms with Gasteiger partial charge in [0, 0.05) is 17.8 Å². The number of hydrogen-bond acceptors (Lipinski definition) is 6. The average Bonchev–Trinajstić information content (AvgIpc) is 3.20. The minimum Gasteiger partial charge on any atom is -0.317 e. The fraction of sp³-hybridized carbons (Fsp3) is 0.500. The molecule has 0 atom stereocenters. The van der Waals surface area contributed by atoms with E-state index in [1.165, 1.54) is 46.1 Å². The standard InChI is InChI=1S/C18H21N5O3S/c19-10-15-14-6-3-1-2-4-7-16(14)27-18(15)21-17(24)8-5-9-22-12-13(11-20-22)23(25)26/h11-12H,1-9H2,(H,21,24). The number of fused-ring (bicyclic) bond motifs is 1. The average molecular weight is 387 g/mol. The molecule has 0 saturated heterocycles. The molecule has 0 aliphatic heterocycles. The highest BCUT2D eigenvalue weighted by Crippen LogP contribution is 2.36. The van der Waals surface area contributed by atoms with Crippen molar-refractivity contribution >= 4 is 27.9 Å². The predicted octanol–water partition coefficient (Wildman–Crippen LogP) is 3.80. The van der Waals surface area contributed by atoms with Gasteiger partial charge in [0.1, 0.15) is 23.5 Å². The monoisotopic (exact) mass is 387 g/mol. The van der Waals surface area contributed by atoms with Crippen LogP contribution in [-0.2, 0) is 24.2 Å². The molecular formula is C18H21N5O3S. The maximum Gasteiger partial charge on any atom is 0.306 e. The van der Waals surface area contributed by atoms with Crippen molar-refractivity contribution in [1.29, 1.82) is 5.26 Å². The van der Waals surface area contributed by atoms with Gasteiger partial charge in [0.25, 0.3) is 0 Å². The Balaban J connectivity index is 1.58. The second-order valence-electron chi connectivity index (χ2n) is 6.60. The number of nitrogens with one attached hydrogen (secondary N) is 1. The normalized spacial score (nSPS) is 13.9. The molecule has 2 aromatic heterocycles. The summed E-state index contributed by atoms with van der Waals surface area (Å²) in [5.74, 6) is -0.151. The van der Waals surface area contributed by atoms with Crippen LogP contribution in [0.3, 0.4) is 0 Å². The predicted molar refractivity (Wildman–Crippen MR) is 102 cm³/mol. The third-order valence-electron chi connectivity index (χ3n) is 4.66. The summed E-state index contributed by atoms with van der Waals surface area (Å²) in [4.78, 5) is 23.7. The summed E-state index contributed by atoms with van der Waals surface area (Å²) in [7, 11) is 0. The Hall–Kier alpha value is -2.73. The number of nitrogens with zero attached hydrogens (tertiary/aromatic N) is 4. The zero-order chi connectivity index (χ0) is 19.2. The van der Waals surface area contributed by atoms with Gasteiger partial charge in [0.15, 0.2) is 0 Å². The maximum absolute atomic E-state index is 12.3. The van der Waals surface area contributed by atoms with Gasteiger partial charge in [-0.05, 0) is 37.7 Å². The molecule has 142 valence electrons. The van der Waals surface area contributed by atoms with Crippen LogP contribution in [0.2, 0.25) is 0 Å². The molecule has 1 amide bonds. The Morgan fingerprint density at radius 1 is 1.37 bits per heavy atom. The van der Waals surface area contributed by atoms with Gasteiger partial charge < -0.3 is 5.32 Å². The number of hydrogen-bond donors (Lipinski definition) is 1. The largest absolute Gasteiger partial charge is 0.317 e. The zero-order valence-electron chi connectivity index (χ0n) is 14.9. The van der Waals surface area contributed by atoms with Crippen molar-refractivity contribution in [2.75, 3.05) is 5.32 Å². The lowest BCUT2D eigenvalue weighted by atomic mass is 9.97. The molecule has 0 fully saturated rings. The van der Waals surface area contributed by atoms with Crippen LogP contribution in [-0.4, -0.2) is 20.6 Å². The van der Waals surface area contributed by atoms with Gasteiger partial charge in [-0.15, -0.1) is 11.3 Å². The molecule has 1 aliphatic carbocycles. The van der Waals surface area contributed by atoms with Crippen molar-refractivity contribution in [1.82, 2.24) is 9.78 Å². The summed E-state index contributed by atoms with van der Waals surface area (Å²) in [5, 5.41) is 27.7. The lowest BCUT2D eigenvalue weighted by Crippen LogP contribution is -2.12.